The Morgan fingerprint density at radius 2 is 0.900 bits per heavy atom. The lowest BCUT2D eigenvalue weighted by Gasteiger charge is -2.26. The van der Waals surface area contributed by atoms with Crippen LogP contribution in [0.25, 0.3) is 0 Å². The van der Waals surface area contributed by atoms with Crippen molar-refractivity contribution in [2.75, 3.05) is 52.9 Å². The van der Waals surface area contributed by atoms with Crippen molar-refractivity contribution in [2.45, 2.75) is 19.3 Å². The Balaban J connectivity index is 0.000000553. The maximum atomic E-state index is 8.79. The second-order valence-corrected chi connectivity index (χ2v) is 6.88. The van der Waals surface area contributed by atoms with Crippen molar-refractivity contribution in [3.8, 4) is 11.5 Å². The summed E-state index contributed by atoms with van der Waals surface area (Å²) < 4.78 is 15.4. The Hall–Kier alpha value is -2.16. The van der Waals surface area contributed by atoms with Crippen molar-refractivity contribution < 1.29 is 34.6 Å². The molecule has 2 aromatic rings. The van der Waals surface area contributed by atoms with E-state index in [0.29, 0.717) is 26.4 Å². The number of aliphatic hydroxyl groups excluding tert-OH is 4. The molecule has 0 aromatic heterocycles. The summed E-state index contributed by atoms with van der Waals surface area (Å²) in [6.07, 6.45) is 0. The quantitative estimate of drug-likeness (QED) is 0.386. The lowest BCUT2D eigenvalue weighted by molar-refractivity contribution is 0.0650. The van der Waals surface area contributed by atoms with Gasteiger partial charge in [-0.3, -0.25) is 0 Å². The summed E-state index contributed by atoms with van der Waals surface area (Å²) >= 11 is 0. The van der Waals surface area contributed by atoms with Crippen molar-refractivity contribution in [1.29, 1.82) is 0 Å². The van der Waals surface area contributed by atoms with Crippen LogP contribution in [0.4, 0.5) is 0 Å². The van der Waals surface area contributed by atoms with Gasteiger partial charge in [-0.25, -0.2) is 0 Å². The predicted octanol–water partition coefficient (Wildman–Crippen LogP) is 1.74. The molecule has 0 radical (unpaired) electrons. The number of rotatable bonds is 12. The van der Waals surface area contributed by atoms with Crippen molar-refractivity contribution in [3.05, 3.63) is 59.7 Å². The summed E-state index contributed by atoms with van der Waals surface area (Å²) in [5.74, 6) is 1.51. The van der Waals surface area contributed by atoms with Gasteiger partial charge in [-0.15, -0.1) is 0 Å². The SMILES string of the molecule is CC(C)(c1ccc(OCCO)cc1)c1ccc(OCCO)cc1.OCCOCCO. The Labute approximate surface area is 178 Å². The summed E-state index contributed by atoms with van der Waals surface area (Å²) in [6.45, 7) is 5.66. The van der Waals surface area contributed by atoms with Gasteiger partial charge in [0.15, 0.2) is 0 Å². The number of hydrogen-bond acceptors (Lipinski definition) is 7. The zero-order valence-electron chi connectivity index (χ0n) is 17.8. The molecular weight excluding hydrogens is 388 g/mol. The molecule has 0 heterocycles. The van der Waals surface area contributed by atoms with Gasteiger partial charge in [0, 0.05) is 5.41 Å². The molecule has 7 heteroatoms. The van der Waals surface area contributed by atoms with Gasteiger partial charge in [-0.2, -0.15) is 0 Å². The van der Waals surface area contributed by atoms with Crippen LogP contribution < -0.4 is 9.47 Å². The fourth-order valence-electron chi connectivity index (χ4n) is 2.66. The molecule has 0 aliphatic carbocycles. The monoisotopic (exact) mass is 422 g/mol. The van der Waals surface area contributed by atoms with Gasteiger partial charge in [-0.1, -0.05) is 38.1 Å². The first-order valence-corrected chi connectivity index (χ1v) is 9.97. The minimum Gasteiger partial charge on any atom is -0.491 e. The fraction of sp³-hybridized carbons (Fsp3) is 0.478. The average Bonchev–Trinajstić information content (AvgIpc) is 2.77. The first-order chi connectivity index (χ1) is 14.5. The van der Waals surface area contributed by atoms with E-state index < -0.39 is 0 Å². The second-order valence-electron chi connectivity index (χ2n) is 6.88. The van der Waals surface area contributed by atoms with E-state index in [1.807, 2.05) is 48.5 Å². The largest absolute Gasteiger partial charge is 0.491 e. The zero-order valence-corrected chi connectivity index (χ0v) is 17.8. The molecule has 2 rings (SSSR count). The first-order valence-electron chi connectivity index (χ1n) is 9.97. The highest BCUT2D eigenvalue weighted by molar-refractivity contribution is 5.41. The summed E-state index contributed by atoms with van der Waals surface area (Å²) in [4.78, 5) is 0. The molecule has 168 valence electrons. The first kappa shape index (κ1) is 25.9. The third-order valence-corrected chi connectivity index (χ3v) is 4.34. The van der Waals surface area contributed by atoms with Crippen LogP contribution in [0.5, 0.6) is 11.5 Å². The van der Waals surface area contributed by atoms with Crippen LogP contribution in [0.15, 0.2) is 48.5 Å². The molecule has 0 aliphatic rings. The molecule has 0 fully saturated rings. The Bertz CT molecular complexity index is 611. The minimum atomic E-state index is -0.148. The fourth-order valence-corrected chi connectivity index (χ4v) is 2.66. The van der Waals surface area contributed by atoms with Gasteiger partial charge in [0.25, 0.3) is 0 Å². The third kappa shape index (κ3) is 9.11. The molecular formula is C23H34O7. The summed E-state index contributed by atoms with van der Waals surface area (Å²) in [7, 11) is 0. The molecule has 4 N–H and O–H groups in total. The van der Waals surface area contributed by atoms with Gasteiger partial charge in [-0.05, 0) is 35.4 Å². The van der Waals surface area contributed by atoms with Crippen LogP contribution >= 0.6 is 0 Å². The molecule has 7 nitrogen and oxygen atoms in total. The average molecular weight is 423 g/mol. The highest BCUT2D eigenvalue weighted by Crippen LogP contribution is 2.33. The smallest absolute Gasteiger partial charge is 0.119 e. The molecule has 0 saturated carbocycles. The van der Waals surface area contributed by atoms with Crippen LogP contribution in [0.1, 0.15) is 25.0 Å². The molecule has 0 aliphatic heterocycles. The van der Waals surface area contributed by atoms with Gasteiger partial charge in [0.05, 0.1) is 39.6 Å². The predicted molar refractivity (Wildman–Crippen MR) is 115 cm³/mol. The second kappa shape index (κ2) is 14.8. The third-order valence-electron chi connectivity index (χ3n) is 4.34. The van der Waals surface area contributed by atoms with E-state index in [4.69, 9.17) is 29.9 Å². The molecule has 0 amide bonds. The van der Waals surface area contributed by atoms with E-state index in [1.54, 1.807) is 0 Å². The Morgan fingerprint density at radius 1 is 0.567 bits per heavy atom. The van der Waals surface area contributed by atoms with Crippen LogP contribution in [0.3, 0.4) is 0 Å². The molecule has 0 bridgehead atoms. The van der Waals surface area contributed by atoms with Crippen LogP contribution in [0.2, 0.25) is 0 Å². The molecule has 0 unspecified atom stereocenters. The Morgan fingerprint density at radius 3 is 1.20 bits per heavy atom. The normalized spacial score (nSPS) is 10.9. The number of aliphatic hydroxyl groups is 4. The minimum absolute atomic E-state index is 0.0119. The van der Waals surface area contributed by atoms with Gasteiger partial charge >= 0.3 is 0 Å². The summed E-state index contributed by atoms with van der Waals surface area (Å²) in [5.41, 5.74) is 2.21. The number of hydrogen-bond donors (Lipinski definition) is 4. The summed E-state index contributed by atoms with van der Waals surface area (Å²) in [5, 5.41) is 33.7. The van der Waals surface area contributed by atoms with Crippen molar-refractivity contribution in [3.63, 3.8) is 0 Å². The zero-order chi connectivity index (χ0) is 22.2. The maximum absolute atomic E-state index is 8.79. The maximum Gasteiger partial charge on any atom is 0.119 e. The van der Waals surface area contributed by atoms with E-state index in [2.05, 4.69) is 18.6 Å². The van der Waals surface area contributed by atoms with Gasteiger partial charge in [0.1, 0.15) is 24.7 Å². The van der Waals surface area contributed by atoms with Crippen LogP contribution in [-0.2, 0) is 10.2 Å². The number of benzene rings is 2. The van der Waals surface area contributed by atoms with Crippen LogP contribution in [-0.4, -0.2) is 73.3 Å². The van der Waals surface area contributed by atoms with E-state index in [-0.39, 0.29) is 31.8 Å². The highest BCUT2D eigenvalue weighted by atomic mass is 16.5. The molecule has 30 heavy (non-hydrogen) atoms. The summed E-state index contributed by atoms with van der Waals surface area (Å²) in [6, 6.07) is 15.9. The van der Waals surface area contributed by atoms with E-state index >= 15 is 0 Å². The van der Waals surface area contributed by atoms with Crippen LogP contribution in [0, 0.1) is 0 Å². The standard InChI is InChI=1S/C19H24O4.C4H10O3/c1-19(2,15-3-7-17(8-4-15)22-13-11-20)16-5-9-18(10-6-16)23-14-12-21;5-1-3-7-4-2-6/h3-10,20-21H,11-14H2,1-2H3;5-6H,1-4H2. The lowest BCUT2D eigenvalue weighted by atomic mass is 9.78. The lowest BCUT2D eigenvalue weighted by Crippen LogP contribution is -2.18. The number of ether oxygens (including phenoxy) is 3. The van der Waals surface area contributed by atoms with E-state index in [9.17, 15) is 0 Å². The topological polar surface area (TPSA) is 109 Å². The van der Waals surface area contributed by atoms with E-state index in [0.717, 1.165) is 11.5 Å². The van der Waals surface area contributed by atoms with Crippen molar-refractivity contribution in [2.24, 2.45) is 0 Å². The molecule has 0 saturated heterocycles. The molecule has 0 atom stereocenters. The van der Waals surface area contributed by atoms with Gasteiger partial charge in [0.2, 0.25) is 0 Å². The van der Waals surface area contributed by atoms with E-state index in [1.165, 1.54) is 11.1 Å². The van der Waals surface area contributed by atoms with Gasteiger partial charge < -0.3 is 34.6 Å². The molecule has 0 spiro atoms. The Kier molecular flexibility index (Phi) is 12.7. The molecule has 2 aromatic carbocycles. The van der Waals surface area contributed by atoms with Crippen molar-refractivity contribution in [1.82, 2.24) is 0 Å². The van der Waals surface area contributed by atoms with Crippen molar-refractivity contribution >= 4 is 0 Å². The highest BCUT2D eigenvalue weighted by Gasteiger charge is 2.23.